The van der Waals surface area contributed by atoms with E-state index in [4.69, 9.17) is 0 Å². The van der Waals surface area contributed by atoms with E-state index < -0.39 is 10.0 Å². The second-order valence-electron chi connectivity index (χ2n) is 3.23. The van der Waals surface area contributed by atoms with Gasteiger partial charge in [0, 0.05) is 13.6 Å². The van der Waals surface area contributed by atoms with Crippen LogP contribution in [0.5, 0.6) is 0 Å². The minimum atomic E-state index is -2.98. The van der Waals surface area contributed by atoms with Gasteiger partial charge in [0.25, 0.3) is 0 Å². The van der Waals surface area contributed by atoms with Gasteiger partial charge in [-0.3, -0.25) is 0 Å². The molecule has 4 heteroatoms. The minimum absolute atomic E-state index is 0.490. The highest BCUT2D eigenvalue weighted by molar-refractivity contribution is 7.88. The Kier molecular flexibility index (Phi) is 4.78. The molecule has 0 aliphatic carbocycles. The van der Waals surface area contributed by atoms with Crippen molar-refractivity contribution in [3.8, 4) is 0 Å². The van der Waals surface area contributed by atoms with Gasteiger partial charge in [-0.1, -0.05) is 26.7 Å². The predicted molar refractivity (Wildman–Crippen MR) is 51.5 cm³/mol. The van der Waals surface area contributed by atoms with Gasteiger partial charge in [-0.15, -0.1) is 0 Å². The van der Waals surface area contributed by atoms with Crippen LogP contribution in [0.2, 0.25) is 0 Å². The van der Waals surface area contributed by atoms with Crippen LogP contribution in [-0.2, 0) is 10.0 Å². The lowest BCUT2D eigenvalue weighted by Crippen LogP contribution is -2.30. The van der Waals surface area contributed by atoms with Gasteiger partial charge >= 0.3 is 0 Å². The molecular weight excluding hydrogens is 174 g/mol. The SMILES string of the molecule is CCC(CC)CN(C)S(C)(=O)=O. The van der Waals surface area contributed by atoms with Gasteiger partial charge in [0.2, 0.25) is 10.0 Å². The van der Waals surface area contributed by atoms with Crippen LogP contribution in [-0.4, -0.2) is 32.6 Å². The van der Waals surface area contributed by atoms with Crippen LogP contribution in [0.15, 0.2) is 0 Å². The van der Waals surface area contributed by atoms with E-state index in [-0.39, 0.29) is 0 Å². The number of hydrogen-bond acceptors (Lipinski definition) is 2. The Labute approximate surface area is 75.8 Å². The average molecular weight is 193 g/mol. The summed E-state index contributed by atoms with van der Waals surface area (Å²) in [5, 5.41) is 0. The fourth-order valence-corrected chi connectivity index (χ4v) is 1.53. The van der Waals surface area contributed by atoms with E-state index in [1.54, 1.807) is 7.05 Å². The number of sulfonamides is 1. The fraction of sp³-hybridized carbons (Fsp3) is 1.00. The van der Waals surface area contributed by atoms with E-state index in [1.807, 2.05) is 0 Å². The molecule has 0 aromatic heterocycles. The zero-order valence-corrected chi connectivity index (χ0v) is 9.19. The molecule has 0 heterocycles. The average Bonchev–Trinajstić information content (AvgIpc) is 1.97. The monoisotopic (exact) mass is 193 g/mol. The van der Waals surface area contributed by atoms with E-state index in [1.165, 1.54) is 10.6 Å². The molecule has 0 bridgehead atoms. The van der Waals surface area contributed by atoms with Crippen molar-refractivity contribution < 1.29 is 8.42 Å². The zero-order valence-electron chi connectivity index (χ0n) is 8.37. The van der Waals surface area contributed by atoms with E-state index in [0.29, 0.717) is 12.5 Å². The van der Waals surface area contributed by atoms with E-state index in [0.717, 1.165) is 12.8 Å². The molecule has 0 aliphatic rings. The Morgan fingerprint density at radius 1 is 1.25 bits per heavy atom. The number of hydrogen-bond donors (Lipinski definition) is 0. The summed E-state index contributed by atoms with van der Waals surface area (Å²) in [6.07, 6.45) is 3.32. The lowest BCUT2D eigenvalue weighted by Gasteiger charge is -2.19. The topological polar surface area (TPSA) is 37.4 Å². The summed E-state index contributed by atoms with van der Waals surface area (Å²) in [6.45, 7) is 4.82. The van der Waals surface area contributed by atoms with Crippen LogP contribution >= 0.6 is 0 Å². The third kappa shape index (κ3) is 4.07. The number of nitrogens with zero attached hydrogens (tertiary/aromatic N) is 1. The molecule has 12 heavy (non-hydrogen) atoms. The maximum Gasteiger partial charge on any atom is 0.210 e. The Morgan fingerprint density at radius 2 is 1.67 bits per heavy atom. The Balaban J connectivity index is 4.08. The summed E-state index contributed by atoms with van der Waals surface area (Å²) in [5.74, 6) is 0.490. The van der Waals surface area contributed by atoms with Crippen molar-refractivity contribution >= 4 is 10.0 Å². The molecule has 0 aliphatic heterocycles. The van der Waals surface area contributed by atoms with Crippen LogP contribution in [0.4, 0.5) is 0 Å². The van der Waals surface area contributed by atoms with Crippen molar-refractivity contribution in [3.63, 3.8) is 0 Å². The Hall–Kier alpha value is -0.0900. The van der Waals surface area contributed by atoms with E-state index >= 15 is 0 Å². The highest BCUT2D eigenvalue weighted by atomic mass is 32.2. The van der Waals surface area contributed by atoms with Crippen molar-refractivity contribution in [2.75, 3.05) is 19.8 Å². The molecule has 0 aromatic carbocycles. The van der Waals surface area contributed by atoms with Gasteiger partial charge in [0.05, 0.1) is 6.26 Å². The van der Waals surface area contributed by atoms with Crippen molar-refractivity contribution in [1.82, 2.24) is 4.31 Å². The lowest BCUT2D eigenvalue weighted by atomic mass is 10.0. The van der Waals surface area contributed by atoms with Crippen molar-refractivity contribution in [2.45, 2.75) is 26.7 Å². The first kappa shape index (κ1) is 11.9. The van der Waals surface area contributed by atoms with Crippen LogP contribution < -0.4 is 0 Å². The molecule has 0 saturated carbocycles. The lowest BCUT2D eigenvalue weighted by molar-refractivity contribution is 0.368. The molecule has 0 fully saturated rings. The van der Waals surface area contributed by atoms with Gasteiger partial charge in [-0.25, -0.2) is 12.7 Å². The highest BCUT2D eigenvalue weighted by Gasteiger charge is 2.14. The quantitative estimate of drug-likeness (QED) is 0.660. The standard InChI is InChI=1S/C8H19NO2S/c1-5-8(6-2)7-9(3)12(4,10)11/h8H,5-7H2,1-4H3. The van der Waals surface area contributed by atoms with Crippen LogP contribution in [0.3, 0.4) is 0 Å². The maximum atomic E-state index is 11.0. The Morgan fingerprint density at radius 3 is 1.92 bits per heavy atom. The third-order valence-corrected chi connectivity index (χ3v) is 3.52. The molecule has 0 atom stereocenters. The molecule has 0 amide bonds. The van der Waals surface area contributed by atoms with Crippen molar-refractivity contribution in [1.29, 1.82) is 0 Å². The second-order valence-corrected chi connectivity index (χ2v) is 5.32. The molecular formula is C8H19NO2S. The predicted octanol–water partition coefficient (Wildman–Crippen LogP) is 1.31. The maximum absolute atomic E-state index is 11.0. The molecule has 0 rings (SSSR count). The largest absolute Gasteiger partial charge is 0.213 e. The van der Waals surface area contributed by atoms with E-state index in [2.05, 4.69) is 13.8 Å². The molecule has 0 aromatic rings. The molecule has 0 N–H and O–H groups in total. The van der Waals surface area contributed by atoms with Crippen LogP contribution in [0.25, 0.3) is 0 Å². The zero-order chi connectivity index (χ0) is 9.78. The molecule has 0 spiro atoms. The number of rotatable bonds is 5. The molecule has 3 nitrogen and oxygen atoms in total. The normalized spacial score (nSPS) is 12.8. The first-order valence-electron chi connectivity index (χ1n) is 4.33. The highest BCUT2D eigenvalue weighted by Crippen LogP contribution is 2.10. The molecule has 0 saturated heterocycles. The summed E-state index contributed by atoms with van der Waals surface area (Å²) in [4.78, 5) is 0. The third-order valence-electron chi connectivity index (χ3n) is 2.24. The summed E-state index contributed by atoms with van der Waals surface area (Å²) in [6, 6.07) is 0. The Bertz CT molecular complexity index is 207. The van der Waals surface area contributed by atoms with Crippen LogP contribution in [0.1, 0.15) is 26.7 Å². The first-order valence-corrected chi connectivity index (χ1v) is 6.17. The van der Waals surface area contributed by atoms with Gasteiger partial charge in [-0.05, 0) is 5.92 Å². The van der Waals surface area contributed by atoms with Gasteiger partial charge in [0.15, 0.2) is 0 Å². The van der Waals surface area contributed by atoms with Crippen molar-refractivity contribution in [3.05, 3.63) is 0 Å². The van der Waals surface area contributed by atoms with Gasteiger partial charge < -0.3 is 0 Å². The van der Waals surface area contributed by atoms with Gasteiger partial charge in [-0.2, -0.15) is 0 Å². The summed E-state index contributed by atoms with van der Waals surface area (Å²) < 4.78 is 23.5. The molecule has 0 unspecified atom stereocenters. The molecule has 74 valence electrons. The van der Waals surface area contributed by atoms with Crippen LogP contribution in [0, 0.1) is 5.92 Å². The fourth-order valence-electron chi connectivity index (χ4n) is 1.05. The van der Waals surface area contributed by atoms with E-state index in [9.17, 15) is 8.42 Å². The summed E-state index contributed by atoms with van der Waals surface area (Å²) in [7, 11) is -1.35. The first-order chi connectivity index (χ1) is 5.41. The smallest absolute Gasteiger partial charge is 0.210 e. The van der Waals surface area contributed by atoms with Gasteiger partial charge in [0.1, 0.15) is 0 Å². The van der Waals surface area contributed by atoms with Crippen molar-refractivity contribution in [2.24, 2.45) is 5.92 Å². The molecule has 0 radical (unpaired) electrons. The minimum Gasteiger partial charge on any atom is -0.213 e. The summed E-state index contributed by atoms with van der Waals surface area (Å²) in [5.41, 5.74) is 0. The second kappa shape index (κ2) is 4.82. The summed E-state index contributed by atoms with van der Waals surface area (Å²) >= 11 is 0.